The highest BCUT2D eigenvalue weighted by molar-refractivity contribution is 5.96. The maximum atomic E-state index is 13.9. The van der Waals surface area contributed by atoms with Crippen molar-refractivity contribution in [3.05, 3.63) is 48.0 Å². The summed E-state index contributed by atoms with van der Waals surface area (Å²) < 4.78 is 0. The number of imidazole rings is 1. The van der Waals surface area contributed by atoms with Crippen molar-refractivity contribution in [2.24, 2.45) is 11.7 Å². The van der Waals surface area contributed by atoms with E-state index in [0.717, 1.165) is 0 Å². The van der Waals surface area contributed by atoms with Gasteiger partial charge in [0, 0.05) is 31.3 Å². The normalized spacial score (nSPS) is 17.1. The quantitative estimate of drug-likeness (QED) is 0.0902. The number of carboxylic acid groups (broad SMARTS) is 2. The summed E-state index contributed by atoms with van der Waals surface area (Å²) in [6.45, 7) is 4.85. The number of aliphatic carboxylic acids is 2. The predicted molar refractivity (Wildman–Crippen MR) is 175 cm³/mol. The van der Waals surface area contributed by atoms with Gasteiger partial charge in [-0.25, -0.2) is 9.78 Å². The molecule has 0 aliphatic carbocycles. The highest BCUT2D eigenvalue weighted by atomic mass is 16.4. The van der Waals surface area contributed by atoms with E-state index < -0.39 is 84.1 Å². The number of benzene rings is 1. The molecule has 272 valence electrons. The maximum absolute atomic E-state index is 13.9. The summed E-state index contributed by atoms with van der Waals surface area (Å²) in [5.74, 6) is -6.90. The molecule has 5 amide bonds. The molecule has 1 aromatic carbocycles. The van der Waals surface area contributed by atoms with Crippen molar-refractivity contribution in [1.82, 2.24) is 36.1 Å². The smallest absolute Gasteiger partial charge is 0.326 e. The summed E-state index contributed by atoms with van der Waals surface area (Å²) in [5, 5.41) is 38.3. The topological polar surface area (TPSA) is 286 Å². The number of hydrogen-bond acceptors (Lipinski definition) is 10. The second kappa shape index (κ2) is 17.8. The molecule has 1 aromatic heterocycles. The van der Waals surface area contributed by atoms with Crippen LogP contribution in [0.5, 0.6) is 5.75 Å². The van der Waals surface area contributed by atoms with Crippen LogP contribution in [0.3, 0.4) is 0 Å². The molecule has 18 heteroatoms. The van der Waals surface area contributed by atoms with Crippen molar-refractivity contribution in [2.75, 3.05) is 6.54 Å². The number of likely N-dealkylation sites (tertiary alicyclic amines) is 1. The number of aromatic amines is 1. The highest BCUT2D eigenvalue weighted by Gasteiger charge is 2.40. The summed E-state index contributed by atoms with van der Waals surface area (Å²) >= 11 is 0. The summed E-state index contributed by atoms with van der Waals surface area (Å²) in [6.07, 6.45) is 2.39. The summed E-state index contributed by atoms with van der Waals surface area (Å²) in [5.41, 5.74) is 7.04. The Morgan fingerprint density at radius 3 is 2.16 bits per heavy atom. The van der Waals surface area contributed by atoms with E-state index in [1.54, 1.807) is 26.0 Å². The Morgan fingerprint density at radius 1 is 0.900 bits per heavy atom. The number of aromatic nitrogens is 2. The van der Waals surface area contributed by atoms with E-state index in [4.69, 9.17) is 10.8 Å². The first kappa shape index (κ1) is 38.9. The maximum Gasteiger partial charge on any atom is 0.326 e. The van der Waals surface area contributed by atoms with Gasteiger partial charge in [0.15, 0.2) is 0 Å². The molecule has 1 saturated heterocycles. The number of amides is 5. The number of aromatic hydroxyl groups is 1. The van der Waals surface area contributed by atoms with Crippen LogP contribution in [0.4, 0.5) is 0 Å². The zero-order chi connectivity index (χ0) is 37.1. The van der Waals surface area contributed by atoms with Gasteiger partial charge in [-0.05, 0) is 43.4 Å². The second-order valence-corrected chi connectivity index (χ2v) is 12.5. The molecule has 10 N–H and O–H groups in total. The number of phenols is 1. The number of nitrogens with two attached hydrogens (primary N) is 1. The van der Waals surface area contributed by atoms with E-state index in [2.05, 4.69) is 31.2 Å². The molecular formula is C32H44N8O10. The molecule has 0 saturated carbocycles. The molecule has 6 atom stereocenters. The van der Waals surface area contributed by atoms with E-state index >= 15 is 0 Å². The molecule has 3 rings (SSSR count). The van der Waals surface area contributed by atoms with Crippen LogP contribution in [-0.4, -0.2) is 114 Å². The fraction of sp³-hybridized carbons (Fsp3) is 0.500. The van der Waals surface area contributed by atoms with Crippen molar-refractivity contribution in [3.8, 4) is 5.75 Å². The van der Waals surface area contributed by atoms with Crippen molar-refractivity contribution in [1.29, 1.82) is 0 Å². The highest BCUT2D eigenvalue weighted by Crippen LogP contribution is 2.21. The molecule has 0 unspecified atom stereocenters. The van der Waals surface area contributed by atoms with Crippen LogP contribution >= 0.6 is 0 Å². The van der Waals surface area contributed by atoms with E-state index in [0.29, 0.717) is 17.7 Å². The first-order valence-electron chi connectivity index (χ1n) is 16.0. The van der Waals surface area contributed by atoms with Gasteiger partial charge in [0.05, 0.1) is 18.8 Å². The largest absolute Gasteiger partial charge is 0.508 e. The van der Waals surface area contributed by atoms with Crippen LogP contribution in [0.2, 0.25) is 0 Å². The lowest BCUT2D eigenvalue weighted by atomic mass is 10.0. The summed E-state index contributed by atoms with van der Waals surface area (Å²) in [7, 11) is 0. The molecule has 1 fully saturated rings. The van der Waals surface area contributed by atoms with Crippen LogP contribution < -0.4 is 27.0 Å². The van der Waals surface area contributed by atoms with Crippen molar-refractivity contribution in [2.45, 2.75) is 89.1 Å². The Balaban J connectivity index is 1.73. The molecular weight excluding hydrogens is 656 g/mol. The lowest BCUT2D eigenvalue weighted by molar-refractivity contribution is -0.146. The van der Waals surface area contributed by atoms with E-state index in [1.165, 1.54) is 36.5 Å². The molecule has 1 aliphatic rings. The van der Waals surface area contributed by atoms with Gasteiger partial charge in [0.2, 0.25) is 29.5 Å². The molecule has 50 heavy (non-hydrogen) atoms. The van der Waals surface area contributed by atoms with Gasteiger partial charge in [-0.3, -0.25) is 28.8 Å². The Morgan fingerprint density at radius 2 is 1.58 bits per heavy atom. The van der Waals surface area contributed by atoms with Crippen LogP contribution in [0, 0.1) is 5.92 Å². The number of carbonyl (C=O) groups excluding carboxylic acids is 5. The third kappa shape index (κ3) is 11.0. The van der Waals surface area contributed by atoms with Crippen molar-refractivity contribution in [3.63, 3.8) is 0 Å². The molecule has 0 radical (unpaired) electrons. The monoisotopic (exact) mass is 700 g/mol. The zero-order valence-corrected chi connectivity index (χ0v) is 27.9. The fourth-order valence-corrected chi connectivity index (χ4v) is 5.25. The molecule has 2 heterocycles. The van der Waals surface area contributed by atoms with Crippen molar-refractivity contribution < 1.29 is 48.9 Å². The van der Waals surface area contributed by atoms with Gasteiger partial charge in [-0.15, -0.1) is 0 Å². The van der Waals surface area contributed by atoms with Gasteiger partial charge in [-0.2, -0.15) is 0 Å². The van der Waals surface area contributed by atoms with Crippen LogP contribution in [0.15, 0.2) is 36.8 Å². The minimum Gasteiger partial charge on any atom is -0.508 e. The molecule has 18 nitrogen and oxygen atoms in total. The molecule has 1 aliphatic heterocycles. The zero-order valence-electron chi connectivity index (χ0n) is 27.9. The average molecular weight is 701 g/mol. The molecule has 2 aromatic rings. The lowest BCUT2D eigenvalue weighted by Crippen LogP contribution is -2.58. The molecule has 0 spiro atoms. The van der Waals surface area contributed by atoms with Crippen LogP contribution in [-0.2, 0) is 46.4 Å². The van der Waals surface area contributed by atoms with Gasteiger partial charge >= 0.3 is 11.9 Å². The SMILES string of the molecule is CC(C)[C@H](N)C(=O)N[C@@H](Cc1ccc(O)cc1)C(=O)N1CCC[C@H]1C(=O)N[C@@H](CC(=O)N[C@@H](Cc1cnc[nH]1)C(=O)N[C@@H](C)C(=O)O)C(=O)O. The third-order valence-corrected chi connectivity index (χ3v) is 8.21. The first-order valence-corrected chi connectivity index (χ1v) is 16.0. The van der Waals surface area contributed by atoms with Crippen LogP contribution in [0.25, 0.3) is 0 Å². The van der Waals surface area contributed by atoms with Gasteiger partial charge in [0.25, 0.3) is 0 Å². The number of rotatable bonds is 17. The Labute approximate surface area is 287 Å². The molecule has 0 bridgehead atoms. The number of H-pyrrole nitrogens is 1. The predicted octanol–water partition coefficient (Wildman–Crippen LogP) is -1.61. The minimum absolute atomic E-state index is 0.00447. The average Bonchev–Trinajstić information content (AvgIpc) is 3.76. The summed E-state index contributed by atoms with van der Waals surface area (Å²) in [6, 6.07) is -1.54. The standard InChI is InChI=1S/C32H44N8O10/c1-16(2)26(33)29(45)38-22(11-18-6-8-20(41)9-7-18)30(46)40-10-4-5-24(40)28(44)39-23(32(49)50)13-25(42)37-21(12-19-14-34-15-35-19)27(43)36-17(3)31(47)48/h6-9,14-17,21-24,26,41H,4-5,10-13,33H2,1-3H3,(H,34,35)(H,36,43)(H,37,42)(H,38,45)(H,39,44)(H,47,48)(H,49,50)/t17-,21-,22-,23-,24-,26-/m0/s1. The van der Waals surface area contributed by atoms with Crippen molar-refractivity contribution >= 4 is 41.5 Å². The van der Waals surface area contributed by atoms with E-state index in [-0.39, 0.29) is 37.5 Å². The minimum atomic E-state index is -1.76. The number of nitrogens with one attached hydrogen (secondary N) is 5. The van der Waals surface area contributed by atoms with Crippen LogP contribution in [0.1, 0.15) is 51.3 Å². The number of carboxylic acids is 2. The Kier molecular flexibility index (Phi) is 13.8. The number of carbonyl (C=O) groups is 7. The number of nitrogens with zero attached hydrogens (tertiary/aromatic N) is 2. The summed E-state index contributed by atoms with van der Waals surface area (Å²) in [4.78, 5) is 97.3. The lowest BCUT2D eigenvalue weighted by Gasteiger charge is -2.30. The number of phenolic OH excluding ortho intramolecular Hbond substituents is 1. The van der Waals surface area contributed by atoms with Gasteiger partial charge < -0.3 is 52.2 Å². The second-order valence-electron chi connectivity index (χ2n) is 12.5. The first-order chi connectivity index (χ1) is 23.6. The van der Waals surface area contributed by atoms with Gasteiger partial charge in [-0.1, -0.05) is 26.0 Å². The van der Waals surface area contributed by atoms with E-state index in [1.807, 2.05) is 0 Å². The van der Waals surface area contributed by atoms with E-state index in [9.17, 15) is 43.8 Å². The third-order valence-electron chi connectivity index (χ3n) is 8.21. The fourth-order valence-electron chi connectivity index (χ4n) is 5.25. The number of hydrogen-bond donors (Lipinski definition) is 9. The Bertz CT molecular complexity index is 1530. The Hall–Kier alpha value is -5.52. The van der Waals surface area contributed by atoms with Gasteiger partial charge in [0.1, 0.15) is 36.0 Å².